The molecule has 0 saturated carbocycles. The van der Waals surface area contributed by atoms with Gasteiger partial charge in [-0.2, -0.15) is 26.3 Å². The van der Waals surface area contributed by atoms with E-state index in [0.717, 1.165) is 17.3 Å². The van der Waals surface area contributed by atoms with Crippen LogP contribution in [0.25, 0.3) is 0 Å². The quantitative estimate of drug-likeness (QED) is 0.636. The summed E-state index contributed by atoms with van der Waals surface area (Å²) >= 11 is 0. The number of carbonyl (C=O) groups is 1. The highest BCUT2D eigenvalue weighted by molar-refractivity contribution is 5.95. The smallest absolute Gasteiger partial charge is 0.378 e. The topological polar surface area (TPSA) is 43.8 Å². The third-order valence-corrected chi connectivity index (χ3v) is 5.80. The van der Waals surface area contributed by atoms with Crippen molar-refractivity contribution in [3.8, 4) is 0 Å². The SMILES string of the molecule is CN(C)c1ccc(CC(=O)N2CCCCc3cc(C(O)(C(F)(F)F)C(F)(F)F)ccc32)cc1. The number of hydrogen-bond donors (Lipinski definition) is 1. The van der Waals surface area contributed by atoms with Gasteiger partial charge in [0.15, 0.2) is 0 Å². The number of anilines is 2. The van der Waals surface area contributed by atoms with E-state index in [4.69, 9.17) is 0 Å². The number of benzene rings is 2. The lowest BCUT2D eigenvalue weighted by atomic mass is 9.89. The second-order valence-corrected chi connectivity index (χ2v) is 8.29. The second kappa shape index (κ2) is 8.89. The molecule has 0 saturated heterocycles. The average molecular weight is 474 g/mol. The fraction of sp³-hybridized carbons (Fsp3) is 0.435. The molecule has 33 heavy (non-hydrogen) atoms. The Labute approximate surface area is 187 Å². The van der Waals surface area contributed by atoms with E-state index in [2.05, 4.69) is 0 Å². The summed E-state index contributed by atoms with van der Waals surface area (Å²) in [5, 5.41) is 9.72. The van der Waals surface area contributed by atoms with Crippen molar-refractivity contribution in [2.24, 2.45) is 0 Å². The Bertz CT molecular complexity index is 985. The first kappa shape index (κ1) is 24.9. The van der Waals surface area contributed by atoms with Crippen molar-refractivity contribution in [3.05, 3.63) is 59.2 Å². The molecule has 0 unspecified atom stereocenters. The van der Waals surface area contributed by atoms with Crippen molar-refractivity contribution in [1.29, 1.82) is 0 Å². The van der Waals surface area contributed by atoms with Gasteiger partial charge in [0.1, 0.15) is 0 Å². The van der Waals surface area contributed by atoms with Gasteiger partial charge in [-0.25, -0.2) is 0 Å². The fourth-order valence-electron chi connectivity index (χ4n) is 3.91. The molecule has 0 radical (unpaired) electrons. The average Bonchev–Trinajstić information content (AvgIpc) is 2.93. The first-order valence-electron chi connectivity index (χ1n) is 10.3. The third kappa shape index (κ3) is 4.80. The zero-order chi connectivity index (χ0) is 24.6. The molecule has 0 fully saturated rings. The van der Waals surface area contributed by atoms with Gasteiger partial charge in [-0.15, -0.1) is 0 Å². The van der Waals surface area contributed by atoms with Crippen LogP contribution in [0.3, 0.4) is 0 Å². The molecule has 1 N–H and O–H groups in total. The van der Waals surface area contributed by atoms with Gasteiger partial charge in [-0.3, -0.25) is 4.79 Å². The molecule has 180 valence electrons. The number of hydrogen-bond acceptors (Lipinski definition) is 3. The molecule has 1 aliphatic rings. The number of halogens is 6. The Hall–Kier alpha value is -2.75. The summed E-state index contributed by atoms with van der Waals surface area (Å²) in [4.78, 5) is 16.3. The van der Waals surface area contributed by atoms with Crippen LogP contribution in [0.4, 0.5) is 37.7 Å². The number of nitrogens with zero attached hydrogens (tertiary/aromatic N) is 2. The number of rotatable bonds is 4. The zero-order valence-electron chi connectivity index (χ0n) is 18.1. The molecule has 0 aliphatic carbocycles. The standard InChI is InChI=1S/C23H24F6N2O2/c1-30(2)18-9-6-15(7-10-18)13-20(32)31-12-4-3-5-16-14-17(8-11-19(16)31)21(33,22(24,25)26)23(27,28)29/h6-11,14,33H,3-5,12-13H2,1-2H3. The molecule has 0 atom stereocenters. The highest BCUT2D eigenvalue weighted by atomic mass is 19.4. The van der Waals surface area contributed by atoms with E-state index in [-0.39, 0.29) is 30.0 Å². The molecular weight excluding hydrogens is 450 g/mol. The first-order chi connectivity index (χ1) is 15.3. The van der Waals surface area contributed by atoms with Crippen molar-refractivity contribution in [3.63, 3.8) is 0 Å². The number of amides is 1. The number of aliphatic hydroxyl groups is 1. The van der Waals surface area contributed by atoms with Crippen molar-refractivity contribution in [1.82, 2.24) is 0 Å². The lowest BCUT2D eigenvalue weighted by Crippen LogP contribution is -2.54. The van der Waals surface area contributed by atoms with E-state index in [0.29, 0.717) is 31.5 Å². The van der Waals surface area contributed by atoms with Gasteiger partial charge in [-0.05, 0) is 48.6 Å². The van der Waals surface area contributed by atoms with Gasteiger partial charge in [0.05, 0.1) is 6.42 Å². The van der Waals surface area contributed by atoms with Crippen molar-refractivity contribution in [2.45, 2.75) is 43.6 Å². The lowest BCUT2D eigenvalue weighted by Gasteiger charge is -2.33. The zero-order valence-corrected chi connectivity index (χ0v) is 18.1. The van der Waals surface area contributed by atoms with Crippen LogP contribution >= 0.6 is 0 Å². The van der Waals surface area contributed by atoms with Gasteiger partial charge in [0.2, 0.25) is 5.91 Å². The molecule has 4 nitrogen and oxygen atoms in total. The summed E-state index contributed by atoms with van der Waals surface area (Å²) in [5.74, 6) is -0.314. The highest BCUT2D eigenvalue weighted by Crippen LogP contribution is 2.50. The summed E-state index contributed by atoms with van der Waals surface area (Å²) in [6.07, 6.45) is -10.7. The number of aryl methyl sites for hydroxylation is 1. The van der Waals surface area contributed by atoms with E-state index in [9.17, 15) is 36.2 Å². The van der Waals surface area contributed by atoms with Crippen LogP contribution in [0.15, 0.2) is 42.5 Å². The molecule has 0 aromatic heterocycles. The van der Waals surface area contributed by atoms with Crippen LogP contribution in [0.5, 0.6) is 0 Å². The van der Waals surface area contributed by atoms with Gasteiger partial charge in [0.25, 0.3) is 5.60 Å². The normalized spacial score (nSPS) is 15.1. The predicted molar refractivity (Wildman–Crippen MR) is 112 cm³/mol. The maximum Gasteiger partial charge on any atom is 0.430 e. The molecule has 2 aromatic carbocycles. The Balaban J connectivity index is 1.94. The van der Waals surface area contributed by atoms with E-state index in [1.165, 1.54) is 4.90 Å². The summed E-state index contributed by atoms with van der Waals surface area (Å²) in [6.45, 7) is 0.295. The van der Waals surface area contributed by atoms with Crippen molar-refractivity contribution >= 4 is 17.3 Å². The summed E-state index contributed by atoms with van der Waals surface area (Å²) < 4.78 is 79.7. The van der Waals surface area contributed by atoms with Crippen LogP contribution in [0, 0.1) is 0 Å². The Morgan fingerprint density at radius 1 is 0.970 bits per heavy atom. The van der Waals surface area contributed by atoms with Crippen LogP contribution in [0.1, 0.15) is 29.5 Å². The maximum atomic E-state index is 13.3. The number of alkyl halides is 6. The van der Waals surface area contributed by atoms with Gasteiger partial charge < -0.3 is 14.9 Å². The molecule has 0 bridgehead atoms. The van der Waals surface area contributed by atoms with Gasteiger partial charge in [-0.1, -0.05) is 24.3 Å². The highest BCUT2D eigenvalue weighted by Gasteiger charge is 2.71. The van der Waals surface area contributed by atoms with E-state index >= 15 is 0 Å². The predicted octanol–water partition coefficient (Wildman–Crippen LogP) is 4.98. The Morgan fingerprint density at radius 3 is 2.12 bits per heavy atom. The minimum absolute atomic E-state index is 0.0317. The molecule has 1 heterocycles. The Kier molecular flexibility index (Phi) is 6.70. The number of fused-ring (bicyclic) bond motifs is 1. The molecular formula is C23H24F6N2O2. The largest absolute Gasteiger partial charge is 0.430 e. The van der Waals surface area contributed by atoms with Crippen molar-refractivity contribution < 1.29 is 36.2 Å². The lowest BCUT2D eigenvalue weighted by molar-refractivity contribution is -0.376. The van der Waals surface area contributed by atoms with Crippen LogP contribution < -0.4 is 9.80 Å². The van der Waals surface area contributed by atoms with Gasteiger partial charge >= 0.3 is 12.4 Å². The molecule has 10 heteroatoms. The first-order valence-corrected chi connectivity index (χ1v) is 10.3. The molecule has 3 rings (SSSR count). The van der Waals surface area contributed by atoms with E-state index in [1.54, 1.807) is 12.1 Å². The molecule has 2 aromatic rings. The summed E-state index contributed by atoms with van der Waals surface area (Å²) in [5.41, 5.74) is -4.21. The fourth-order valence-corrected chi connectivity index (χ4v) is 3.91. The van der Waals surface area contributed by atoms with E-state index in [1.807, 2.05) is 31.1 Å². The van der Waals surface area contributed by atoms with Crippen LogP contribution in [-0.2, 0) is 23.2 Å². The molecule has 1 amide bonds. The maximum absolute atomic E-state index is 13.3. The Morgan fingerprint density at radius 2 is 1.58 bits per heavy atom. The summed E-state index contributed by atoms with van der Waals surface area (Å²) in [7, 11) is 3.75. The van der Waals surface area contributed by atoms with E-state index < -0.39 is 23.5 Å². The minimum Gasteiger partial charge on any atom is -0.378 e. The van der Waals surface area contributed by atoms with Gasteiger partial charge in [0, 0.05) is 37.6 Å². The molecule has 1 aliphatic heterocycles. The monoisotopic (exact) mass is 474 g/mol. The second-order valence-electron chi connectivity index (χ2n) is 8.29. The molecule has 0 spiro atoms. The third-order valence-electron chi connectivity index (χ3n) is 5.80. The van der Waals surface area contributed by atoms with Crippen LogP contribution in [-0.4, -0.2) is 44.0 Å². The number of carbonyl (C=O) groups excluding carboxylic acids is 1. The van der Waals surface area contributed by atoms with Crippen molar-refractivity contribution in [2.75, 3.05) is 30.4 Å². The minimum atomic E-state index is -5.96. The summed E-state index contributed by atoms with van der Waals surface area (Å²) in [6, 6.07) is 9.65. The van der Waals surface area contributed by atoms with Crippen LogP contribution in [0.2, 0.25) is 0 Å².